The molecule has 0 spiro atoms. The molecule has 2 nitrogen and oxygen atoms in total. The minimum atomic E-state index is 0.514. The van der Waals surface area contributed by atoms with Crippen molar-refractivity contribution in [3.05, 3.63) is 0 Å². The summed E-state index contributed by atoms with van der Waals surface area (Å²) in [4.78, 5) is 12.8. The van der Waals surface area contributed by atoms with Gasteiger partial charge in [-0.1, -0.05) is 20.3 Å². The fraction of sp³-hybridized carbons (Fsp3) is 0.909. The number of hydrogen-bond donors (Lipinski definition) is 0. The molecular formula is C11H21NO. The third-order valence-corrected chi connectivity index (χ3v) is 3.01. The fourth-order valence-electron chi connectivity index (χ4n) is 2.28. The molecule has 0 saturated carbocycles. The van der Waals surface area contributed by atoms with Gasteiger partial charge in [0.2, 0.25) is 6.41 Å². The molecule has 0 aliphatic carbocycles. The predicted octanol–water partition coefficient (Wildman–Crippen LogP) is 2.43. The van der Waals surface area contributed by atoms with Crippen molar-refractivity contribution in [2.45, 2.75) is 52.0 Å². The van der Waals surface area contributed by atoms with Crippen LogP contribution in [0.4, 0.5) is 0 Å². The van der Waals surface area contributed by atoms with Crippen molar-refractivity contribution in [3.8, 4) is 0 Å². The molecule has 1 heterocycles. The highest BCUT2D eigenvalue weighted by atomic mass is 16.1. The first-order valence-electron chi connectivity index (χ1n) is 5.49. The maximum Gasteiger partial charge on any atom is 0.209 e. The molecular weight excluding hydrogens is 162 g/mol. The molecule has 1 amide bonds. The number of hydrogen-bond acceptors (Lipinski definition) is 1. The standard InChI is InChI=1S/C11H21NO/c1-3-5-11-8-10(2)6-4-7-12(11)9-13/h9-11H,3-8H2,1-2H3/t10-,11-/m0/s1. The Kier molecular flexibility index (Phi) is 4.26. The molecule has 0 bridgehead atoms. The van der Waals surface area contributed by atoms with Crippen molar-refractivity contribution in [3.63, 3.8) is 0 Å². The third-order valence-electron chi connectivity index (χ3n) is 3.01. The highest BCUT2D eigenvalue weighted by Crippen LogP contribution is 2.23. The van der Waals surface area contributed by atoms with Crippen LogP contribution in [-0.2, 0) is 4.79 Å². The zero-order chi connectivity index (χ0) is 9.68. The summed E-state index contributed by atoms with van der Waals surface area (Å²) in [6.45, 7) is 5.47. The number of carbonyl (C=O) groups excluding carboxylic acids is 1. The van der Waals surface area contributed by atoms with Gasteiger partial charge in [-0.2, -0.15) is 0 Å². The first-order valence-corrected chi connectivity index (χ1v) is 5.49. The van der Waals surface area contributed by atoms with Crippen molar-refractivity contribution < 1.29 is 4.79 Å². The summed E-state index contributed by atoms with van der Waals surface area (Å²) in [5.41, 5.74) is 0. The van der Waals surface area contributed by atoms with E-state index in [-0.39, 0.29) is 0 Å². The molecule has 0 aromatic heterocycles. The topological polar surface area (TPSA) is 20.3 Å². The van der Waals surface area contributed by atoms with E-state index in [1.54, 1.807) is 0 Å². The Morgan fingerprint density at radius 2 is 2.31 bits per heavy atom. The molecule has 0 radical (unpaired) electrons. The van der Waals surface area contributed by atoms with Crippen LogP contribution in [0.5, 0.6) is 0 Å². The SMILES string of the molecule is CCC[C@H]1C[C@@H](C)CCCN1C=O. The molecule has 1 aliphatic rings. The van der Waals surface area contributed by atoms with Gasteiger partial charge in [0.25, 0.3) is 0 Å². The van der Waals surface area contributed by atoms with Gasteiger partial charge in [-0.3, -0.25) is 4.79 Å². The first kappa shape index (κ1) is 10.6. The summed E-state index contributed by atoms with van der Waals surface area (Å²) >= 11 is 0. The molecule has 1 rings (SSSR count). The Bertz CT molecular complexity index is 158. The monoisotopic (exact) mass is 183 g/mol. The van der Waals surface area contributed by atoms with Crippen LogP contribution in [0, 0.1) is 5.92 Å². The minimum Gasteiger partial charge on any atom is -0.342 e. The summed E-state index contributed by atoms with van der Waals surface area (Å²) < 4.78 is 0. The lowest BCUT2D eigenvalue weighted by atomic mass is 9.97. The number of amides is 1. The van der Waals surface area contributed by atoms with Crippen LogP contribution in [0.25, 0.3) is 0 Å². The van der Waals surface area contributed by atoms with E-state index in [0.717, 1.165) is 18.9 Å². The van der Waals surface area contributed by atoms with Crippen molar-refractivity contribution in [1.82, 2.24) is 4.90 Å². The molecule has 0 aromatic rings. The van der Waals surface area contributed by atoms with E-state index in [2.05, 4.69) is 13.8 Å². The second-order valence-corrected chi connectivity index (χ2v) is 4.27. The Balaban J connectivity index is 2.54. The maximum atomic E-state index is 10.8. The van der Waals surface area contributed by atoms with Gasteiger partial charge in [-0.05, 0) is 31.6 Å². The average molecular weight is 183 g/mol. The molecule has 13 heavy (non-hydrogen) atoms. The Morgan fingerprint density at radius 3 is 2.92 bits per heavy atom. The van der Waals surface area contributed by atoms with Gasteiger partial charge < -0.3 is 4.90 Å². The summed E-state index contributed by atoms with van der Waals surface area (Å²) in [5.74, 6) is 0.793. The number of carbonyl (C=O) groups is 1. The molecule has 1 saturated heterocycles. The smallest absolute Gasteiger partial charge is 0.209 e. The third kappa shape index (κ3) is 3.02. The fourth-order valence-corrected chi connectivity index (χ4v) is 2.28. The Morgan fingerprint density at radius 1 is 1.54 bits per heavy atom. The quantitative estimate of drug-likeness (QED) is 0.615. The molecule has 0 N–H and O–H groups in total. The van der Waals surface area contributed by atoms with Gasteiger partial charge in [0.15, 0.2) is 0 Å². The summed E-state index contributed by atoms with van der Waals surface area (Å²) in [6.07, 6.45) is 7.06. The Hall–Kier alpha value is -0.530. The van der Waals surface area contributed by atoms with E-state index < -0.39 is 0 Å². The normalized spacial score (nSPS) is 29.8. The molecule has 1 aliphatic heterocycles. The van der Waals surface area contributed by atoms with E-state index in [0.29, 0.717) is 6.04 Å². The van der Waals surface area contributed by atoms with E-state index >= 15 is 0 Å². The molecule has 2 heteroatoms. The van der Waals surface area contributed by atoms with Crippen LogP contribution >= 0.6 is 0 Å². The zero-order valence-corrected chi connectivity index (χ0v) is 8.83. The van der Waals surface area contributed by atoms with Gasteiger partial charge >= 0.3 is 0 Å². The number of rotatable bonds is 3. The molecule has 2 atom stereocenters. The van der Waals surface area contributed by atoms with Crippen LogP contribution in [0.15, 0.2) is 0 Å². The van der Waals surface area contributed by atoms with Crippen LogP contribution in [-0.4, -0.2) is 23.9 Å². The van der Waals surface area contributed by atoms with Crippen molar-refractivity contribution >= 4 is 6.41 Å². The largest absolute Gasteiger partial charge is 0.342 e. The van der Waals surface area contributed by atoms with Gasteiger partial charge in [-0.25, -0.2) is 0 Å². The zero-order valence-electron chi connectivity index (χ0n) is 8.83. The first-order chi connectivity index (χ1) is 6.27. The van der Waals surface area contributed by atoms with Crippen molar-refractivity contribution in [2.24, 2.45) is 5.92 Å². The van der Waals surface area contributed by atoms with E-state index in [1.807, 2.05) is 4.90 Å². The summed E-state index contributed by atoms with van der Waals surface area (Å²) in [7, 11) is 0. The van der Waals surface area contributed by atoms with Crippen molar-refractivity contribution in [2.75, 3.05) is 6.54 Å². The number of nitrogens with zero attached hydrogens (tertiary/aromatic N) is 1. The van der Waals surface area contributed by atoms with Crippen LogP contribution in [0.3, 0.4) is 0 Å². The number of likely N-dealkylation sites (tertiary alicyclic amines) is 1. The lowest BCUT2D eigenvalue weighted by molar-refractivity contribution is -0.120. The van der Waals surface area contributed by atoms with E-state index in [1.165, 1.54) is 32.1 Å². The second kappa shape index (κ2) is 5.25. The van der Waals surface area contributed by atoms with Gasteiger partial charge in [0.1, 0.15) is 0 Å². The lowest BCUT2D eigenvalue weighted by Crippen LogP contribution is -2.33. The van der Waals surface area contributed by atoms with E-state index in [9.17, 15) is 4.79 Å². The average Bonchev–Trinajstić information content (AvgIpc) is 2.28. The Labute approximate surface area is 81.3 Å². The second-order valence-electron chi connectivity index (χ2n) is 4.27. The minimum absolute atomic E-state index is 0.514. The highest BCUT2D eigenvalue weighted by Gasteiger charge is 2.21. The molecule has 0 unspecified atom stereocenters. The predicted molar refractivity (Wildman–Crippen MR) is 54.5 cm³/mol. The van der Waals surface area contributed by atoms with E-state index in [4.69, 9.17) is 0 Å². The van der Waals surface area contributed by atoms with Crippen LogP contribution < -0.4 is 0 Å². The highest BCUT2D eigenvalue weighted by molar-refractivity contribution is 5.47. The van der Waals surface area contributed by atoms with Crippen LogP contribution in [0.2, 0.25) is 0 Å². The summed E-state index contributed by atoms with van der Waals surface area (Å²) in [6, 6.07) is 0.514. The molecule has 76 valence electrons. The van der Waals surface area contributed by atoms with Crippen molar-refractivity contribution in [1.29, 1.82) is 0 Å². The maximum absolute atomic E-state index is 10.8. The van der Waals surface area contributed by atoms with Gasteiger partial charge in [0.05, 0.1) is 0 Å². The molecule has 0 aromatic carbocycles. The molecule has 1 fully saturated rings. The van der Waals surface area contributed by atoms with Gasteiger partial charge in [0, 0.05) is 12.6 Å². The summed E-state index contributed by atoms with van der Waals surface area (Å²) in [5, 5.41) is 0. The van der Waals surface area contributed by atoms with Gasteiger partial charge in [-0.15, -0.1) is 0 Å². The lowest BCUT2D eigenvalue weighted by Gasteiger charge is -2.26. The van der Waals surface area contributed by atoms with Crippen LogP contribution in [0.1, 0.15) is 46.0 Å².